The van der Waals surface area contributed by atoms with Gasteiger partial charge >= 0.3 is 0 Å². The van der Waals surface area contributed by atoms with E-state index in [9.17, 15) is 4.79 Å². The van der Waals surface area contributed by atoms with E-state index in [0.29, 0.717) is 18.3 Å². The van der Waals surface area contributed by atoms with E-state index < -0.39 is 0 Å². The Kier molecular flexibility index (Phi) is 5.58. The molecule has 1 aromatic heterocycles. The van der Waals surface area contributed by atoms with Crippen LogP contribution in [0.15, 0.2) is 54.6 Å². The van der Waals surface area contributed by atoms with Gasteiger partial charge < -0.3 is 14.6 Å². The van der Waals surface area contributed by atoms with Gasteiger partial charge in [0.25, 0.3) is 5.91 Å². The predicted octanol–water partition coefficient (Wildman–Crippen LogP) is 4.47. The highest BCUT2D eigenvalue weighted by Crippen LogP contribution is 2.28. The number of fused-ring (bicyclic) bond motifs is 1. The number of likely N-dealkylation sites (tertiary alicyclic amines) is 1. The number of nitrogens with one attached hydrogen (secondary N) is 1. The molecule has 4 rings (SSSR count). The summed E-state index contributed by atoms with van der Waals surface area (Å²) in [5.74, 6) is 0.855. The Labute approximate surface area is 172 Å². The van der Waals surface area contributed by atoms with Crippen molar-refractivity contribution < 1.29 is 9.53 Å². The van der Waals surface area contributed by atoms with Gasteiger partial charge in [-0.25, -0.2) is 0 Å². The smallest absolute Gasteiger partial charge is 0.270 e. The molecule has 0 radical (unpaired) electrons. The summed E-state index contributed by atoms with van der Waals surface area (Å²) < 4.78 is 5.29. The lowest BCUT2D eigenvalue weighted by Gasteiger charge is -2.29. The van der Waals surface area contributed by atoms with Crippen LogP contribution in [0.5, 0.6) is 5.75 Å². The summed E-state index contributed by atoms with van der Waals surface area (Å²) in [4.78, 5) is 21.1. The molecule has 2 aromatic carbocycles. The third kappa shape index (κ3) is 3.87. The summed E-state index contributed by atoms with van der Waals surface area (Å²) in [6.07, 6.45) is 1.00. The third-order valence-electron chi connectivity index (χ3n) is 6.13. The van der Waals surface area contributed by atoms with Crippen LogP contribution in [0.2, 0.25) is 0 Å². The minimum absolute atomic E-state index is 0.0712. The second-order valence-corrected chi connectivity index (χ2v) is 7.75. The summed E-state index contributed by atoms with van der Waals surface area (Å²) in [5, 5.41) is 1.02. The number of benzene rings is 2. The number of carbonyl (C=O) groups excluding carboxylic acids is 1. The first-order valence-electron chi connectivity index (χ1n) is 10.4. The number of hydrogen-bond acceptors (Lipinski definition) is 3. The van der Waals surface area contributed by atoms with E-state index in [1.165, 1.54) is 5.56 Å². The topological polar surface area (TPSA) is 48.6 Å². The van der Waals surface area contributed by atoms with E-state index in [2.05, 4.69) is 54.1 Å². The largest absolute Gasteiger partial charge is 0.497 e. The Morgan fingerprint density at radius 3 is 2.76 bits per heavy atom. The van der Waals surface area contributed by atoms with Crippen molar-refractivity contribution in [3.63, 3.8) is 0 Å². The van der Waals surface area contributed by atoms with Gasteiger partial charge in [-0.15, -0.1) is 0 Å². The summed E-state index contributed by atoms with van der Waals surface area (Å²) in [6.45, 7) is 6.93. The summed E-state index contributed by atoms with van der Waals surface area (Å²) in [7, 11) is 1.65. The molecule has 2 heterocycles. The van der Waals surface area contributed by atoms with Gasteiger partial charge in [0.1, 0.15) is 11.4 Å². The zero-order valence-electron chi connectivity index (χ0n) is 17.4. The van der Waals surface area contributed by atoms with Crippen LogP contribution < -0.4 is 4.74 Å². The fraction of sp³-hybridized carbons (Fsp3) is 0.375. The first-order chi connectivity index (χ1) is 14.1. The van der Waals surface area contributed by atoms with Crippen molar-refractivity contribution in [2.75, 3.05) is 26.7 Å². The quantitative estimate of drug-likeness (QED) is 0.674. The number of H-pyrrole nitrogens is 1. The van der Waals surface area contributed by atoms with Gasteiger partial charge in [0.15, 0.2) is 0 Å². The van der Waals surface area contributed by atoms with Crippen molar-refractivity contribution in [3.8, 4) is 5.75 Å². The van der Waals surface area contributed by atoms with Crippen molar-refractivity contribution >= 4 is 16.8 Å². The van der Waals surface area contributed by atoms with Crippen LogP contribution in [0.1, 0.15) is 42.4 Å². The summed E-state index contributed by atoms with van der Waals surface area (Å²) >= 11 is 0. The molecule has 152 valence electrons. The number of hydrogen-bond donors (Lipinski definition) is 1. The fourth-order valence-electron chi connectivity index (χ4n) is 4.39. The van der Waals surface area contributed by atoms with Gasteiger partial charge in [-0.2, -0.15) is 0 Å². The van der Waals surface area contributed by atoms with Crippen LogP contribution in [-0.2, 0) is 0 Å². The number of aromatic nitrogens is 1. The second-order valence-electron chi connectivity index (χ2n) is 7.75. The van der Waals surface area contributed by atoms with E-state index in [1.807, 2.05) is 29.2 Å². The average Bonchev–Trinajstić information content (AvgIpc) is 3.41. The number of rotatable bonds is 6. The average molecular weight is 392 g/mol. The lowest BCUT2D eigenvalue weighted by Crippen LogP contribution is -2.42. The molecule has 3 aromatic rings. The van der Waals surface area contributed by atoms with Crippen molar-refractivity contribution in [1.29, 1.82) is 0 Å². The normalized spacial score (nSPS) is 18.1. The molecule has 0 unspecified atom stereocenters. The maximum Gasteiger partial charge on any atom is 0.270 e. The molecule has 0 aliphatic carbocycles. The fourth-order valence-corrected chi connectivity index (χ4v) is 4.39. The highest BCUT2D eigenvalue weighted by molar-refractivity contribution is 5.98. The van der Waals surface area contributed by atoms with Crippen molar-refractivity contribution in [1.82, 2.24) is 14.8 Å². The summed E-state index contributed by atoms with van der Waals surface area (Å²) in [5.41, 5.74) is 2.89. The van der Waals surface area contributed by atoms with Gasteiger partial charge in [-0.05, 0) is 44.0 Å². The van der Waals surface area contributed by atoms with Crippen molar-refractivity contribution in [2.45, 2.75) is 32.4 Å². The Balaban J connectivity index is 1.49. The number of methoxy groups -OCH3 is 1. The molecule has 29 heavy (non-hydrogen) atoms. The number of ether oxygens (including phenoxy) is 1. The molecule has 1 saturated heterocycles. The molecule has 1 aliphatic heterocycles. The first-order valence-corrected chi connectivity index (χ1v) is 10.4. The van der Waals surface area contributed by atoms with Crippen molar-refractivity contribution in [3.05, 3.63) is 65.9 Å². The van der Waals surface area contributed by atoms with Crippen LogP contribution in [0.3, 0.4) is 0 Å². The molecule has 2 atom stereocenters. The first kappa shape index (κ1) is 19.5. The molecule has 1 N–H and O–H groups in total. The zero-order chi connectivity index (χ0) is 20.4. The molecular weight excluding hydrogens is 362 g/mol. The van der Waals surface area contributed by atoms with Gasteiger partial charge in [-0.1, -0.05) is 30.3 Å². The lowest BCUT2D eigenvalue weighted by molar-refractivity contribution is 0.0684. The van der Waals surface area contributed by atoms with Crippen molar-refractivity contribution in [2.24, 2.45) is 0 Å². The minimum atomic E-state index is 0.0712. The molecule has 5 nitrogen and oxygen atoms in total. The standard InChI is InChI=1S/C24H29N3O2/c1-4-27(20-12-13-26(16-20)17(2)18-8-6-5-7-9-18)24(28)23-14-19-10-11-21(29-3)15-22(19)25-23/h5-11,14-15,17,20,25H,4,12-13,16H2,1-3H3/t17-,20+/m0/s1. The molecular formula is C24H29N3O2. The SMILES string of the molecule is CCN(C(=O)c1cc2ccc(OC)cc2[nH]1)[C@@H]1CCN([C@@H](C)c2ccccc2)C1. The highest BCUT2D eigenvalue weighted by atomic mass is 16.5. The number of likely N-dealkylation sites (N-methyl/N-ethyl adjacent to an activating group) is 1. The van der Waals surface area contributed by atoms with Gasteiger partial charge in [-0.3, -0.25) is 9.69 Å². The van der Waals surface area contributed by atoms with Crippen LogP contribution in [0.4, 0.5) is 0 Å². The molecule has 1 aliphatic rings. The number of carbonyl (C=O) groups is 1. The number of nitrogens with zero attached hydrogens (tertiary/aromatic N) is 2. The van der Waals surface area contributed by atoms with Crippen LogP contribution in [0.25, 0.3) is 10.9 Å². The van der Waals surface area contributed by atoms with E-state index >= 15 is 0 Å². The van der Waals surface area contributed by atoms with Gasteiger partial charge in [0.05, 0.1) is 7.11 Å². The van der Waals surface area contributed by atoms with E-state index in [-0.39, 0.29) is 11.9 Å². The molecule has 5 heteroatoms. The van der Waals surface area contributed by atoms with E-state index in [4.69, 9.17) is 4.74 Å². The van der Waals surface area contributed by atoms with Crippen LogP contribution >= 0.6 is 0 Å². The van der Waals surface area contributed by atoms with E-state index in [1.54, 1.807) is 7.11 Å². The molecule has 0 bridgehead atoms. The van der Waals surface area contributed by atoms with E-state index in [0.717, 1.165) is 36.2 Å². The zero-order valence-corrected chi connectivity index (χ0v) is 17.4. The lowest BCUT2D eigenvalue weighted by atomic mass is 10.1. The van der Waals surface area contributed by atoms with Gasteiger partial charge in [0, 0.05) is 48.7 Å². The molecule has 1 fully saturated rings. The number of amides is 1. The van der Waals surface area contributed by atoms with Crippen LogP contribution in [-0.4, -0.2) is 53.5 Å². The predicted molar refractivity (Wildman–Crippen MR) is 116 cm³/mol. The maximum absolute atomic E-state index is 13.3. The maximum atomic E-state index is 13.3. The molecule has 0 saturated carbocycles. The number of aromatic amines is 1. The van der Waals surface area contributed by atoms with Crippen LogP contribution in [0, 0.1) is 0 Å². The minimum Gasteiger partial charge on any atom is -0.497 e. The highest BCUT2D eigenvalue weighted by Gasteiger charge is 2.33. The third-order valence-corrected chi connectivity index (χ3v) is 6.13. The van der Waals surface area contributed by atoms with Gasteiger partial charge in [0.2, 0.25) is 0 Å². The monoisotopic (exact) mass is 391 g/mol. The second kappa shape index (κ2) is 8.29. The Morgan fingerprint density at radius 2 is 2.03 bits per heavy atom. The Morgan fingerprint density at radius 1 is 1.24 bits per heavy atom. The Hall–Kier alpha value is -2.79. The Bertz CT molecular complexity index is 982. The molecule has 0 spiro atoms. The molecule has 1 amide bonds. The summed E-state index contributed by atoms with van der Waals surface area (Å²) in [6, 6.07) is 19.0.